The van der Waals surface area contributed by atoms with E-state index in [4.69, 9.17) is 25.4 Å². The van der Waals surface area contributed by atoms with Crippen molar-refractivity contribution in [2.24, 2.45) is 5.73 Å². The molecule has 0 amide bonds. The molecule has 0 saturated carbocycles. The predicted octanol–water partition coefficient (Wildman–Crippen LogP) is 2.16. The summed E-state index contributed by atoms with van der Waals surface area (Å²) in [5, 5.41) is 15.4. The fourth-order valence-electron chi connectivity index (χ4n) is 3.78. The summed E-state index contributed by atoms with van der Waals surface area (Å²) in [7, 11) is 2.93. The van der Waals surface area contributed by atoms with E-state index >= 15 is 0 Å². The summed E-state index contributed by atoms with van der Waals surface area (Å²) in [5.41, 5.74) is 6.75. The van der Waals surface area contributed by atoms with E-state index in [1.807, 2.05) is 0 Å². The maximum Gasteiger partial charge on any atom is 0.348 e. The number of aromatic nitrogens is 4. The number of benzene rings is 2. The van der Waals surface area contributed by atoms with E-state index in [1.165, 1.54) is 26.4 Å². The van der Waals surface area contributed by atoms with Gasteiger partial charge in [-0.25, -0.2) is 14.6 Å². The van der Waals surface area contributed by atoms with Gasteiger partial charge in [-0.1, -0.05) is 12.1 Å². The number of nitrogens with zero attached hydrogens (tertiary/aromatic N) is 3. The van der Waals surface area contributed by atoms with E-state index in [1.54, 1.807) is 48.7 Å². The smallest absolute Gasteiger partial charge is 0.348 e. The molecule has 2 heterocycles. The highest BCUT2D eigenvalue weighted by atomic mass is 16.6. The summed E-state index contributed by atoms with van der Waals surface area (Å²) in [5.74, 6) is -0.980. The van der Waals surface area contributed by atoms with Crippen LogP contribution in [0.15, 0.2) is 65.6 Å². The molecule has 0 aliphatic rings. The lowest BCUT2D eigenvalue weighted by molar-refractivity contribution is -0.135. The minimum Gasteiger partial charge on any atom is -0.491 e. The van der Waals surface area contributed by atoms with Crippen LogP contribution in [-0.4, -0.2) is 51.7 Å². The Morgan fingerprint density at radius 2 is 1.82 bits per heavy atom. The highest BCUT2D eigenvalue weighted by molar-refractivity contribution is 5.99. The first kappa shape index (κ1) is 26.6. The average molecular weight is 532 g/mol. The van der Waals surface area contributed by atoms with Crippen molar-refractivity contribution in [3.63, 3.8) is 0 Å². The highest BCUT2D eigenvalue weighted by Crippen LogP contribution is 2.31. The first-order valence-corrected chi connectivity index (χ1v) is 11.5. The van der Waals surface area contributed by atoms with E-state index in [0.717, 1.165) is 11.6 Å². The van der Waals surface area contributed by atoms with E-state index in [-0.39, 0.29) is 28.8 Å². The standard InChI is InChI=1S/C26H25N7O6/c1-14(34)39-25(35)18-6-4-5-7-19(18)33-26(36)31-23(32-33)21(16-12-20(37-2)24(38-3)29-13-16)30-17-10-8-15(9-11-17)22(27)28/h4-13,21,30H,1-3H3,(H3,27,28)(H,31,32,36). The van der Waals surface area contributed by atoms with Crippen LogP contribution in [0.1, 0.15) is 40.3 Å². The Balaban J connectivity index is 1.81. The molecule has 13 heteroatoms. The Kier molecular flexibility index (Phi) is 7.70. The fourth-order valence-corrected chi connectivity index (χ4v) is 3.78. The van der Waals surface area contributed by atoms with E-state index in [2.05, 4.69) is 20.4 Å². The van der Waals surface area contributed by atoms with E-state index in [0.29, 0.717) is 22.6 Å². The lowest BCUT2D eigenvalue weighted by Gasteiger charge is -2.19. The highest BCUT2D eigenvalue weighted by Gasteiger charge is 2.24. The molecular weight excluding hydrogens is 506 g/mol. The van der Waals surface area contributed by atoms with Crippen molar-refractivity contribution in [1.82, 2.24) is 19.7 Å². The molecule has 39 heavy (non-hydrogen) atoms. The second-order valence-corrected chi connectivity index (χ2v) is 8.17. The number of nitrogens with one attached hydrogen (secondary N) is 3. The summed E-state index contributed by atoms with van der Waals surface area (Å²) in [6, 6.07) is 13.8. The van der Waals surface area contributed by atoms with Crippen LogP contribution >= 0.6 is 0 Å². The first-order chi connectivity index (χ1) is 18.7. The van der Waals surface area contributed by atoms with Gasteiger partial charge >= 0.3 is 17.6 Å². The Bertz CT molecular complexity index is 1590. The Morgan fingerprint density at radius 3 is 2.46 bits per heavy atom. The topological polar surface area (TPSA) is 187 Å². The number of H-pyrrole nitrogens is 1. The molecule has 0 radical (unpaired) electrons. The number of aromatic amines is 1. The van der Waals surface area contributed by atoms with Gasteiger partial charge in [-0.05, 0) is 42.5 Å². The number of methoxy groups -OCH3 is 2. The molecule has 0 bridgehead atoms. The number of nitrogens with two attached hydrogens (primary N) is 1. The number of pyridine rings is 1. The van der Waals surface area contributed by atoms with Crippen LogP contribution in [0.25, 0.3) is 5.69 Å². The van der Waals surface area contributed by atoms with Crippen LogP contribution in [-0.2, 0) is 9.53 Å². The van der Waals surface area contributed by atoms with Crippen LogP contribution in [0.4, 0.5) is 5.69 Å². The van der Waals surface area contributed by atoms with Gasteiger partial charge in [0.2, 0.25) is 0 Å². The number of carbonyl (C=O) groups excluding carboxylic acids is 2. The molecule has 2 aromatic carbocycles. The molecule has 0 aliphatic carbocycles. The number of rotatable bonds is 9. The largest absolute Gasteiger partial charge is 0.491 e. The summed E-state index contributed by atoms with van der Waals surface area (Å²) < 4.78 is 16.4. The Labute approximate surface area is 222 Å². The summed E-state index contributed by atoms with van der Waals surface area (Å²) in [6.45, 7) is 1.11. The molecule has 0 fully saturated rings. The lowest BCUT2D eigenvalue weighted by Crippen LogP contribution is -2.20. The normalized spacial score (nSPS) is 11.4. The molecule has 200 valence electrons. The van der Waals surface area contributed by atoms with Crippen molar-refractivity contribution in [2.75, 3.05) is 19.5 Å². The van der Waals surface area contributed by atoms with Gasteiger partial charge in [0, 0.05) is 29.9 Å². The van der Waals surface area contributed by atoms with Crippen LogP contribution in [0.5, 0.6) is 11.6 Å². The van der Waals surface area contributed by atoms with Crippen LogP contribution in [0, 0.1) is 5.41 Å². The van der Waals surface area contributed by atoms with Gasteiger partial charge in [0.1, 0.15) is 11.9 Å². The molecular formula is C26H25N7O6. The third kappa shape index (κ3) is 5.77. The van der Waals surface area contributed by atoms with Gasteiger partial charge in [0.25, 0.3) is 5.88 Å². The van der Waals surface area contributed by atoms with Gasteiger partial charge in [-0.15, -0.1) is 5.10 Å². The van der Waals surface area contributed by atoms with Gasteiger partial charge in [-0.2, -0.15) is 4.68 Å². The molecule has 0 spiro atoms. The van der Waals surface area contributed by atoms with Gasteiger partial charge in [-0.3, -0.25) is 15.2 Å². The van der Waals surface area contributed by atoms with E-state index < -0.39 is 23.7 Å². The third-order valence-corrected chi connectivity index (χ3v) is 5.59. The third-order valence-electron chi connectivity index (χ3n) is 5.59. The number of hydrogen-bond acceptors (Lipinski definition) is 10. The second-order valence-electron chi connectivity index (χ2n) is 8.17. The van der Waals surface area contributed by atoms with Crippen LogP contribution in [0.3, 0.4) is 0 Å². The molecule has 0 aliphatic heterocycles. The maximum atomic E-state index is 13.1. The molecule has 5 N–H and O–H groups in total. The number of hydrogen-bond donors (Lipinski definition) is 4. The number of para-hydroxylation sites is 1. The van der Waals surface area contributed by atoms with Gasteiger partial charge in [0.15, 0.2) is 11.6 Å². The average Bonchev–Trinajstić information content (AvgIpc) is 3.32. The molecule has 1 atom stereocenters. The minimum atomic E-state index is -0.918. The van der Waals surface area contributed by atoms with Gasteiger partial charge < -0.3 is 25.3 Å². The monoisotopic (exact) mass is 531 g/mol. The predicted molar refractivity (Wildman–Crippen MR) is 141 cm³/mol. The number of amidine groups is 1. The number of nitrogen functional groups attached to an aromatic ring is 1. The SMILES string of the molecule is COc1cc(C(Nc2ccc(C(=N)N)cc2)c2nn(-c3ccccc3C(=O)OC(C)=O)c(=O)[nH]2)cnc1OC. The Hall–Kier alpha value is -5.46. The zero-order chi connectivity index (χ0) is 28.1. The van der Waals surface area contributed by atoms with Crippen molar-refractivity contribution in [3.05, 3.63) is 93.8 Å². The van der Waals surface area contributed by atoms with Crippen LogP contribution in [0.2, 0.25) is 0 Å². The maximum absolute atomic E-state index is 13.1. The van der Waals surface area contributed by atoms with Crippen molar-refractivity contribution in [3.8, 4) is 17.3 Å². The fraction of sp³-hybridized carbons (Fsp3) is 0.154. The number of ether oxygens (including phenoxy) is 3. The van der Waals surface area contributed by atoms with Crippen LogP contribution < -0.4 is 26.2 Å². The number of anilines is 1. The van der Waals surface area contributed by atoms with Crippen molar-refractivity contribution >= 4 is 23.5 Å². The second kappa shape index (κ2) is 11.3. The molecule has 1 unspecified atom stereocenters. The van der Waals surface area contributed by atoms with Crippen molar-refractivity contribution in [2.45, 2.75) is 13.0 Å². The van der Waals surface area contributed by atoms with Gasteiger partial charge in [0.05, 0.1) is 25.5 Å². The quantitative estimate of drug-likeness (QED) is 0.108. The molecule has 4 rings (SSSR count). The minimum absolute atomic E-state index is 0.0232. The number of esters is 2. The van der Waals surface area contributed by atoms with Crippen molar-refractivity contribution < 1.29 is 23.8 Å². The number of carbonyl (C=O) groups is 2. The van der Waals surface area contributed by atoms with E-state index in [9.17, 15) is 14.4 Å². The Morgan fingerprint density at radius 1 is 1.10 bits per heavy atom. The van der Waals surface area contributed by atoms with Crippen molar-refractivity contribution in [1.29, 1.82) is 5.41 Å². The lowest BCUT2D eigenvalue weighted by atomic mass is 10.1. The molecule has 13 nitrogen and oxygen atoms in total. The summed E-state index contributed by atoms with van der Waals surface area (Å²) >= 11 is 0. The first-order valence-electron chi connectivity index (χ1n) is 11.5. The zero-order valence-electron chi connectivity index (χ0n) is 21.2. The summed E-state index contributed by atoms with van der Waals surface area (Å²) in [6.07, 6.45) is 1.54. The molecule has 4 aromatic rings. The molecule has 2 aromatic heterocycles. The summed E-state index contributed by atoms with van der Waals surface area (Å²) in [4.78, 5) is 43.9. The zero-order valence-corrected chi connectivity index (χ0v) is 21.2. The molecule has 0 saturated heterocycles.